The molecule has 2 N–H and O–H groups in total. The zero-order valence-corrected chi connectivity index (χ0v) is 33.6. The smallest absolute Gasteiger partial charge is 0.291 e. The van der Waals surface area contributed by atoms with Crippen molar-refractivity contribution < 1.29 is 28.4 Å². The van der Waals surface area contributed by atoms with Crippen molar-refractivity contribution in [2.75, 3.05) is 46.2 Å². The first-order valence-electron chi connectivity index (χ1n) is 18.8. The number of nitrogens with one attached hydrogen (secondary N) is 1. The van der Waals surface area contributed by atoms with Gasteiger partial charge in [0.25, 0.3) is 5.56 Å². The van der Waals surface area contributed by atoms with Crippen molar-refractivity contribution in [1.29, 1.82) is 0 Å². The van der Waals surface area contributed by atoms with Crippen LogP contribution in [0.15, 0.2) is 51.3 Å². The quantitative estimate of drug-likeness (QED) is 0.185. The average Bonchev–Trinajstić information content (AvgIpc) is 3.73. The number of nitrogens with zero attached hydrogens (tertiary/aromatic N) is 3. The molecule has 1 aliphatic heterocycles. The summed E-state index contributed by atoms with van der Waals surface area (Å²) >= 11 is 0. The van der Waals surface area contributed by atoms with Gasteiger partial charge in [-0.1, -0.05) is 51.1 Å². The van der Waals surface area contributed by atoms with E-state index < -0.39 is 48.9 Å². The number of rotatable bonds is 9. The molecule has 4 atom stereocenters. The number of ether oxygens (including phenoxy) is 1. The van der Waals surface area contributed by atoms with Gasteiger partial charge in [0.05, 0.1) is 11.6 Å². The molecule has 3 aromatic rings. The molecule has 0 unspecified atom stereocenters. The van der Waals surface area contributed by atoms with Crippen LogP contribution in [0.25, 0.3) is 5.76 Å². The molecule has 1 aromatic heterocycles. The topological polar surface area (TPSA) is 129 Å². The highest BCUT2D eigenvalue weighted by Crippen LogP contribution is 2.58. The second-order valence-electron chi connectivity index (χ2n) is 17.3. The van der Waals surface area contributed by atoms with Gasteiger partial charge < -0.3 is 23.7 Å². The summed E-state index contributed by atoms with van der Waals surface area (Å²) in [5.74, 6) is -1.85. The Kier molecular flexibility index (Phi) is 9.44. The van der Waals surface area contributed by atoms with Crippen LogP contribution in [-0.2, 0) is 28.8 Å². The fourth-order valence-electron chi connectivity index (χ4n) is 8.99. The number of ketones is 2. The molecule has 7 rings (SSSR count). The van der Waals surface area contributed by atoms with E-state index in [1.165, 1.54) is 0 Å². The number of fused-ring (bicyclic) bond motifs is 4. The van der Waals surface area contributed by atoms with Crippen LogP contribution in [-0.4, -0.2) is 86.8 Å². The van der Waals surface area contributed by atoms with Crippen LogP contribution >= 0.6 is 0 Å². The van der Waals surface area contributed by atoms with Crippen molar-refractivity contribution in [3.8, 4) is 5.75 Å². The summed E-state index contributed by atoms with van der Waals surface area (Å²) in [4.78, 5) is 50.4. The number of carbonyl (C=O) groups is 2. The third-order valence-corrected chi connectivity index (χ3v) is 16.9. The highest BCUT2D eigenvalue weighted by Gasteiger charge is 2.68. The lowest BCUT2D eigenvalue weighted by Crippen LogP contribution is -2.68. The molecule has 1 saturated carbocycles. The summed E-state index contributed by atoms with van der Waals surface area (Å²) in [5.41, 5.74) is 1.74. The molecule has 12 heteroatoms. The first-order chi connectivity index (χ1) is 25.0. The van der Waals surface area contributed by atoms with E-state index in [9.17, 15) is 14.7 Å². The zero-order valence-electron chi connectivity index (χ0n) is 32.6. The number of aromatic nitrogens is 1. The summed E-state index contributed by atoms with van der Waals surface area (Å²) < 4.78 is 19.5. The number of aliphatic hydroxyl groups is 1. The van der Waals surface area contributed by atoms with Crippen LogP contribution in [0.3, 0.4) is 0 Å². The molecule has 0 bridgehead atoms. The number of H-pyrrole nitrogens is 1. The number of hydrogen-bond donors (Lipinski definition) is 2. The molecule has 0 spiro atoms. The van der Waals surface area contributed by atoms with E-state index in [1.807, 2.05) is 82.6 Å². The van der Waals surface area contributed by atoms with Crippen molar-refractivity contribution in [3.63, 3.8) is 0 Å². The second-order valence-corrected chi connectivity index (χ2v) is 22.1. The number of hydrogen-bond acceptors (Lipinski definition) is 10. The van der Waals surface area contributed by atoms with Gasteiger partial charge in [-0.05, 0) is 99.7 Å². The first kappa shape index (κ1) is 37.3. The van der Waals surface area contributed by atoms with Crippen LogP contribution in [0.1, 0.15) is 84.4 Å². The van der Waals surface area contributed by atoms with Crippen LogP contribution in [0.5, 0.6) is 5.75 Å². The molecule has 1 saturated heterocycles. The average molecular weight is 743 g/mol. The van der Waals surface area contributed by atoms with Gasteiger partial charge in [0, 0.05) is 37.8 Å². The van der Waals surface area contributed by atoms with Gasteiger partial charge >= 0.3 is 0 Å². The van der Waals surface area contributed by atoms with Crippen molar-refractivity contribution >= 4 is 31.3 Å². The Balaban J connectivity index is 1.46. The lowest BCUT2D eigenvalue weighted by Gasteiger charge is -2.55. The van der Waals surface area contributed by atoms with E-state index in [4.69, 9.17) is 13.7 Å². The number of Topliss-reactive ketones (excluding diaryl/α,β-unsaturated/α-hetero) is 2. The minimum atomic E-state index is -2.88. The van der Waals surface area contributed by atoms with Crippen molar-refractivity contribution in [1.82, 2.24) is 15.0 Å². The number of carbonyl (C=O) groups excluding carboxylic acids is 2. The second kappa shape index (κ2) is 13.4. The number of benzene rings is 2. The summed E-state index contributed by atoms with van der Waals surface area (Å²) in [5, 5.41) is 14.6. The fraction of sp³-hybridized carbons (Fsp3) is 0.537. The minimum absolute atomic E-state index is 0.170. The Morgan fingerprint density at radius 1 is 1.02 bits per heavy atom. The van der Waals surface area contributed by atoms with E-state index in [0.29, 0.717) is 24.2 Å². The van der Waals surface area contributed by atoms with E-state index in [0.717, 1.165) is 54.9 Å². The van der Waals surface area contributed by atoms with Crippen LogP contribution in [0.4, 0.5) is 5.69 Å². The maximum atomic E-state index is 15.6. The Bertz CT molecular complexity index is 2020. The van der Waals surface area contributed by atoms with Crippen molar-refractivity contribution in [3.05, 3.63) is 85.9 Å². The molecule has 2 heterocycles. The molecule has 2 fully saturated rings. The van der Waals surface area contributed by atoms with E-state index in [-0.39, 0.29) is 34.3 Å². The molecule has 284 valence electrons. The van der Waals surface area contributed by atoms with E-state index in [2.05, 4.69) is 35.7 Å². The SMILES string of the molecule is CN(C)c1c(CN2CCCC2)cc(OCc2ccccc2)c2c1C[C@H]1C[C@H]3[C@H](N(C)C)c4o[nH]c(=O)c4C(=O)[C@@]3(O[Si](C)(C)C(C)(C)C)C(=O)C1=C2O. The summed E-state index contributed by atoms with van der Waals surface area (Å²) in [7, 11) is 4.89. The van der Waals surface area contributed by atoms with E-state index >= 15 is 4.79 Å². The Morgan fingerprint density at radius 2 is 1.70 bits per heavy atom. The molecule has 2 aromatic carbocycles. The summed E-state index contributed by atoms with van der Waals surface area (Å²) in [6.07, 6.45) is 3.12. The molecule has 0 amide bonds. The number of likely N-dealkylation sites (tertiary alicyclic amines) is 1. The molecule has 11 nitrogen and oxygen atoms in total. The lowest BCUT2D eigenvalue weighted by molar-refractivity contribution is -0.140. The highest BCUT2D eigenvalue weighted by molar-refractivity contribution is 6.74. The molecule has 3 aliphatic carbocycles. The largest absolute Gasteiger partial charge is 0.507 e. The highest BCUT2D eigenvalue weighted by atomic mass is 28.4. The summed E-state index contributed by atoms with van der Waals surface area (Å²) in [6, 6.07) is 11.3. The van der Waals surface area contributed by atoms with Gasteiger partial charge in [-0.3, -0.25) is 24.2 Å². The predicted octanol–water partition coefficient (Wildman–Crippen LogP) is 6.50. The van der Waals surface area contributed by atoms with Gasteiger partial charge in [0.1, 0.15) is 23.7 Å². The Labute approximate surface area is 313 Å². The zero-order chi connectivity index (χ0) is 38.2. The van der Waals surface area contributed by atoms with Gasteiger partial charge in [-0.2, -0.15) is 5.16 Å². The number of anilines is 1. The maximum Gasteiger partial charge on any atom is 0.291 e. The molecular weight excluding hydrogens is 689 g/mol. The summed E-state index contributed by atoms with van der Waals surface area (Å²) in [6.45, 7) is 13.2. The van der Waals surface area contributed by atoms with Crippen molar-refractivity contribution in [2.45, 2.75) is 89.4 Å². The third-order valence-electron chi connectivity index (χ3n) is 12.4. The number of aromatic amines is 1. The van der Waals surface area contributed by atoms with Crippen LogP contribution in [0.2, 0.25) is 18.1 Å². The van der Waals surface area contributed by atoms with Gasteiger partial charge in [-0.15, -0.1) is 0 Å². The minimum Gasteiger partial charge on any atom is -0.507 e. The Morgan fingerprint density at radius 3 is 2.32 bits per heavy atom. The third kappa shape index (κ3) is 6.02. The van der Waals surface area contributed by atoms with Crippen LogP contribution in [0, 0.1) is 11.8 Å². The van der Waals surface area contributed by atoms with Gasteiger partial charge in [0.15, 0.2) is 19.7 Å². The lowest BCUT2D eigenvalue weighted by atomic mass is 9.57. The molecule has 53 heavy (non-hydrogen) atoms. The van der Waals surface area contributed by atoms with Crippen LogP contribution < -0.4 is 15.2 Å². The predicted molar refractivity (Wildman–Crippen MR) is 207 cm³/mol. The maximum absolute atomic E-state index is 15.6. The van der Waals surface area contributed by atoms with Gasteiger partial charge in [0.2, 0.25) is 11.6 Å². The normalized spacial score (nSPS) is 24.6. The number of aliphatic hydroxyl groups excluding tert-OH is 1. The Hall–Kier alpha value is -3.97. The fourth-order valence-corrected chi connectivity index (χ4v) is 10.4. The molecule has 4 aliphatic rings. The first-order valence-corrected chi connectivity index (χ1v) is 21.7. The van der Waals surface area contributed by atoms with E-state index in [1.54, 1.807) is 0 Å². The monoisotopic (exact) mass is 742 g/mol. The standard InChI is InChI=1S/C41H54N4O7Si/c1-40(2,3)53(8,9)52-41-28(34(44(6)7)36-32(38(41)48)39(49)42-51-36)20-25-19-27-31(35(46)30(25)37(41)47)29(50-23-24-15-11-10-12-16-24)21-26(33(27)43(4)5)22-45-17-13-14-18-45/h10-12,15-16,21,25,28,34,46H,13-14,17-20,22-23H2,1-9H3,(H,42,49)/t25-,28-,34-,41-/m0/s1. The molecular formula is C41H54N4O7Si. The van der Waals surface area contributed by atoms with Crippen molar-refractivity contribution in [2.24, 2.45) is 11.8 Å². The van der Waals surface area contributed by atoms with Gasteiger partial charge in [-0.25, -0.2) is 0 Å². The molecule has 0 radical (unpaired) electrons.